The highest BCUT2D eigenvalue weighted by Crippen LogP contribution is 2.73. The van der Waals surface area contributed by atoms with Crippen LogP contribution in [-0.2, 0) is 0 Å². The van der Waals surface area contributed by atoms with E-state index >= 15 is 0 Å². The first kappa shape index (κ1) is 17.3. The third kappa shape index (κ3) is 3.89. The second kappa shape index (κ2) is 6.47. The molecular weight excluding hydrogens is 226 g/mol. The van der Waals surface area contributed by atoms with E-state index in [0.717, 1.165) is 10.5 Å². The van der Waals surface area contributed by atoms with Crippen LogP contribution in [0.25, 0.3) is 0 Å². The third-order valence-electron chi connectivity index (χ3n) is 5.26. The summed E-state index contributed by atoms with van der Waals surface area (Å²) in [5.74, 6) is 2.87. The van der Waals surface area contributed by atoms with Gasteiger partial charge in [0.2, 0.25) is 0 Å². The lowest BCUT2D eigenvalue weighted by Gasteiger charge is -2.66. The molecule has 0 radical (unpaired) electrons. The number of nitrogens with one attached hydrogen (secondary N) is 1. The second-order valence-electron chi connectivity index (χ2n) is 7.00. The number of hydrogen-bond acceptors (Lipinski definition) is 1. The van der Waals surface area contributed by atoms with Crippen molar-refractivity contribution >= 4 is 9.16 Å². The molecule has 0 rings (SSSR count). The molecule has 0 aliphatic rings. The smallest absolute Gasteiger partial charge is 0.00166 e. The monoisotopic (exact) mass is 263 g/mol. The zero-order chi connectivity index (χ0) is 13.7. The molecule has 0 spiro atoms. The van der Waals surface area contributed by atoms with Gasteiger partial charge in [0.1, 0.15) is 0 Å². The van der Waals surface area contributed by atoms with E-state index < -0.39 is 9.16 Å². The Labute approximate surface area is 110 Å². The molecule has 2 heteroatoms. The van der Waals surface area contributed by atoms with Crippen LogP contribution in [0, 0.1) is 0 Å². The number of rotatable bonds is 8. The van der Waals surface area contributed by atoms with Crippen LogP contribution >= 0.6 is 9.16 Å². The highest BCUT2D eigenvalue weighted by molar-refractivity contribution is 8.49. The molecule has 0 aromatic rings. The molecule has 108 valence electrons. The first-order chi connectivity index (χ1) is 7.68. The van der Waals surface area contributed by atoms with Gasteiger partial charge in [-0.15, -0.1) is 0 Å². The van der Waals surface area contributed by atoms with Crippen molar-refractivity contribution in [3.05, 3.63) is 0 Å². The molecule has 0 unspecified atom stereocenters. The molecular formula is C15H37NS. The van der Waals surface area contributed by atoms with E-state index in [2.05, 4.69) is 60.0 Å². The fourth-order valence-electron chi connectivity index (χ4n) is 3.05. The summed E-state index contributed by atoms with van der Waals surface area (Å²) in [5, 5.41) is 5.34. The predicted octanol–water partition coefficient (Wildman–Crippen LogP) is 3.91. The van der Waals surface area contributed by atoms with Crippen LogP contribution in [0.4, 0.5) is 0 Å². The molecule has 1 nitrogen and oxygen atoms in total. The Bertz CT molecular complexity index is 213. The summed E-state index contributed by atoms with van der Waals surface area (Å²) in [5.41, 5.74) is 0. The largest absolute Gasteiger partial charge is 0.314 e. The fraction of sp³-hybridized carbons (Fsp3) is 1.00. The van der Waals surface area contributed by atoms with E-state index in [-0.39, 0.29) is 0 Å². The lowest BCUT2D eigenvalue weighted by molar-refractivity contribution is 0.612. The molecule has 0 aromatic heterocycles. The lowest BCUT2D eigenvalue weighted by Crippen LogP contribution is -2.43. The van der Waals surface area contributed by atoms with Gasteiger partial charge in [-0.05, 0) is 34.7 Å². The second-order valence-corrected chi connectivity index (χ2v) is 14.5. The SMILES string of the molecule is CCC[SH](C)(CCNC(C)C)(C(C)C)C(C)C. The van der Waals surface area contributed by atoms with E-state index in [0.29, 0.717) is 6.04 Å². The lowest BCUT2D eigenvalue weighted by atomic mass is 10.4. The summed E-state index contributed by atoms with van der Waals surface area (Å²) in [7, 11) is -1.56. The summed E-state index contributed by atoms with van der Waals surface area (Å²) >= 11 is 0. The van der Waals surface area contributed by atoms with Gasteiger partial charge in [-0.1, -0.05) is 48.5 Å². The third-order valence-corrected chi connectivity index (χ3v) is 14.7. The van der Waals surface area contributed by atoms with Crippen molar-refractivity contribution in [1.29, 1.82) is 0 Å². The molecule has 0 aliphatic heterocycles. The van der Waals surface area contributed by atoms with Gasteiger partial charge in [0.25, 0.3) is 0 Å². The van der Waals surface area contributed by atoms with Crippen LogP contribution in [0.3, 0.4) is 0 Å². The minimum absolute atomic E-state index is 0.616. The Morgan fingerprint density at radius 1 is 0.882 bits per heavy atom. The van der Waals surface area contributed by atoms with Crippen LogP contribution in [0.1, 0.15) is 54.9 Å². The van der Waals surface area contributed by atoms with Gasteiger partial charge in [0.05, 0.1) is 0 Å². The molecule has 0 amide bonds. The Kier molecular flexibility index (Phi) is 6.59. The molecule has 0 bridgehead atoms. The number of thiol groups is 1. The van der Waals surface area contributed by atoms with Crippen molar-refractivity contribution in [3.8, 4) is 0 Å². The topological polar surface area (TPSA) is 12.0 Å². The fourth-order valence-corrected chi connectivity index (χ4v) is 8.58. The zero-order valence-electron chi connectivity index (χ0n) is 13.5. The summed E-state index contributed by atoms with van der Waals surface area (Å²) in [6, 6.07) is 0.616. The van der Waals surface area contributed by atoms with Crippen molar-refractivity contribution in [1.82, 2.24) is 5.32 Å². The Hall–Kier alpha value is 0.310. The maximum absolute atomic E-state index is 3.63. The van der Waals surface area contributed by atoms with Crippen molar-refractivity contribution in [2.45, 2.75) is 71.4 Å². The molecule has 1 N–H and O–H groups in total. The van der Waals surface area contributed by atoms with E-state index in [9.17, 15) is 0 Å². The molecule has 0 fully saturated rings. The van der Waals surface area contributed by atoms with Gasteiger partial charge in [-0.3, -0.25) is 9.16 Å². The molecule has 0 aromatic carbocycles. The van der Waals surface area contributed by atoms with E-state index in [4.69, 9.17) is 0 Å². The van der Waals surface area contributed by atoms with Crippen LogP contribution < -0.4 is 5.32 Å². The maximum atomic E-state index is 3.63. The summed E-state index contributed by atoms with van der Waals surface area (Å²) < 4.78 is 0. The van der Waals surface area contributed by atoms with Crippen LogP contribution in [0.15, 0.2) is 0 Å². The minimum atomic E-state index is -1.56. The van der Waals surface area contributed by atoms with Gasteiger partial charge >= 0.3 is 0 Å². The quantitative estimate of drug-likeness (QED) is 0.633. The molecule has 0 atom stereocenters. The van der Waals surface area contributed by atoms with Crippen molar-refractivity contribution in [2.75, 3.05) is 24.3 Å². The minimum Gasteiger partial charge on any atom is -0.314 e. The Morgan fingerprint density at radius 3 is 1.65 bits per heavy atom. The molecule has 0 saturated heterocycles. The van der Waals surface area contributed by atoms with E-state index in [1.807, 2.05) is 0 Å². The summed E-state index contributed by atoms with van der Waals surface area (Å²) in [6.07, 6.45) is 4.00. The average molecular weight is 264 g/mol. The van der Waals surface area contributed by atoms with Crippen molar-refractivity contribution in [2.24, 2.45) is 0 Å². The average Bonchev–Trinajstić information content (AvgIpc) is 2.17. The highest BCUT2D eigenvalue weighted by Gasteiger charge is 2.41. The summed E-state index contributed by atoms with van der Waals surface area (Å²) in [6.45, 7) is 17.9. The first-order valence-electron chi connectivity index (χ1n) is 7.41. The Balaban J connectivity index is 4.93. The maximum Gasteiger partial charge on any atom is 0.00166 e. The highest BCUT2D eigenvalue weighted by atomic mass is 32.3. The molecule has 0 aliphatic carbocycles. The van der Waals surface area contributed by atoms with Gasteiger partial charge < -0.3 is 5.32 Å². The predicted molar refractivity (Wildman–Crippen MR) is 88.3 cm³/mol. The van der Waals surface area contributed by atoms with Gasteiger partial charge in [0, 0.05) is 12.6 Å². The standard InChI is InChI=1S/C15H37NS/c1-9-11-17(8,14(4)5,15(6)7)12-10-16-13(2)3/h13-17H,9-12H2,1-8H3. The zero-order valence-corrected chi connectivity index (χ0v) is 14.4. The van der Waals surface area contributed by atoms with Crippen molar-refractivity contribution < 1.29 is 0 Å². The first-order valence-corrected chi connectivity index (χ1v) is 10.6. The number of hydrogen-bond donors (Lipinski definition) is 2. The van der Waals surface area contributed by atoms with Gasteiger partial charge in [0.15, 0.2) is 0 Å². The normalized spacial score (nSPS) is 15.6. The van der Waals surface area contributed by atoms with Gasteiger partial charge in [-0.2, -0.15) is 0 Å². The van der Waals surface area contributed by atoms with Crippen LogP contribution in [0.2, 0.25) is 0 Å². The molecule has 0 heterocycles. The summed E-state index contributed by atoms with van der Waals surface area (Å²) in [4.78, 5) is 0. The van der Waals surface area contributed by atoms with Crippen LogP contribution in [-0.4, -0.2) is 40.8 Å². The van der Waals surface area contributed by atoms with Gasteiger partial charge in [-0.25, -0.2) is 0 Å². The van der Waals surface area contributed by atoms with Crippen LogP contribution in [0.5, 0.6) is 0 Å². The van der Waals surface area contributed by atoms with E-state index in [1.165, 1.54) is 24.5 Å². The Morgan fingerprint density at radius 2 is 1.35 bits per heavy atom. The van der Waals surface area contributed by atoms with E-state index in [1.54, 1.807) is 0 Å². The molecule has 17 heavy (non-hydrogen) atoms. The molecule has 0 saturated carbocycles. The van der Waals surface area contributed by atoms with Crippen molar-refractivity contribution in [3.63, 3.8) is 0 Å².